The van der Waals surface area contributed by atoms with Crippen molar-refractivity contribution in [1.82, 2.24) is 0 Å². The van der Waals surface area contributed by atoms with Crippen LogP contribution in [0.4, 0.5) is 0 Å². The first kappa shape index (κ1) is 31.7. The number of aldehydes is 1. The first-order valence-electron chi connectivity index (χ1n) is 12.9. The average molecular weight is 563 g/mol. The highest BCUT2D eigenvalue weighted by Crippen LogP contribution is 2.27. The highest BCUT2D eigenvalue weighted by atomic mass is 35.5. The molecule has 0 unspecified atom stereocenters. The van der Waals surface area contributed by atoms with Gasteiger partial charge in [0.05, 0.1) is 24.7 Å². The topological polar surface area (TPSA) is 118 Å². The molecule has 2 aromatic carbocycles. The van der Waals surface area contributed by atoms with Gasteiger partial charge in [0.1, 0.15) is 29.1 Å². The Hall–Kier alpha value is -3.56. The van der Waals surface area contributed by atoms with Crippen molar-refractivity contribution in [3.05, 3.63) is 60.7 Å². The van der Waals surface area contributed by atoms with Crippen LogP contribution in [0.5, 0.6) is 23.0 Å². The molecule has 0 saturated heterocycles. The standard InChI is InChI=1S/C15H19ClO5.C14H16O4/c1-2-15(17)19-12-6-4-3-5-11-18-13-7-9-14(10-8-13)20-21-16;15-9-11-8-12(6-7-13(11)16)18-14(17)10-4-2-1-3-5-10/h2,7-10H,1,3-6,11-12H2;6-10,16H,1-5H2. The van der Waals surface area contributed by atoms with E-state index in [-0.39, 0.29) is 29.2 Å². The summed E-state index contributed by atoms with van der Waals surface area (Å²) in [5, 5.41) is 9.35. The van der Waals surface area contributed by atoms with E-state index < -0.39 is 0 Å². The molecule has 0 heterocycles. The number of phenols is 1. The van der Waals surface area contributed by atoms with Crippen LogP contribution in [0.2, 0.25) is 0 Å². The van der Waals surface area contributed by atoms with Crippen molar-refractivity contribution >= 4 is 30.1 Å². The summed E-state index contributed by atoms with van der Waals surface area (Å²) < 4.78 is 19.7. The number of rotatable bonds is 14. The molecular weight excluding hydrogens is 528 g/mol. The summed E-state index contributed by atoms with van der Waals surface area (Å²) in [6.45, 7) is 4.41. The van der Waals surface area contributed by atoms with Crippen molar-refractivity contribution in [1.29, 1.82) is 0 Å². The van der Waals surface area contributed by atoms with E-state index in [0.29, 0.717) is 31.0 Å². The van der Waals surface area contributed by atoms with Gasteiger partial charge >= 0.3 is 11.9 Å². The molecule has 1 fully saturated rings. The van der Waals surface area contributed by atoms with E-state index in [2.05, 4.69) is 15.9 Å². The van der Waals surface area contributed by atoms with E-state index in [0.717, 1.165) is 57.1 Å². The lowest BCUT2D eigenvalue weighted by Crippen LogP contribution is -2.22. The number of aromatic hydroxyl groups is 1. The third kappa shape index (κ3) is 12.7. The summed E-state index contributed by atoms with van der Waals surface area (Å²) in [6.07, 6.45) is 10.6. The molecule has 2 aromatic rings. The monoisotopic (exact) mass is 562 g/mol. The van der Waals surface area contributed by atoms with Gasteiger partial charge in [0, 0.05) is 6.08 Å². The van der Waals surface area contributed by atoms with Crippen molar-refractivity contribution in [3.8, 4) is 23.0 Å². The van der Waals surface area contributed by atoms with Crippen molar-refractivity contribution in [2.24, 2.45) is 5.92 Å². The zero-order valence-corrected chi connectivity index (χ0v) is 22.6. The maximum atomic E-state index is 11.9. The Balaban J connectivity index is 0.000000276. The summed E-state index contributed by atoms with van der Waals surface area (Å²) >= 11 is 4.97. The molecule has 1 N–H and O–H groups in total. The first-order chi connectivity index (χ1) is 19.0. The Morgan fingerprint density at radius 1 is 0.923 bits per heavy atom. The predicted molar refractivity (Wildman–Crippen MR) is 145 cm³/mol. The van der Waals surface area contributed by atoms with Crippen molar-refractivity contribution in [2.75, 3.05) is 13.2 Å². The van der Waals surface area contributed by atoms with E-state index in [1.54, 1.807) is 24.3 Å². The molecule has 212 valence electrons. The van der Waals surface area contributed by atoms with Crippen LogP contribution < -0.4 is 14.4 Å². The van der Waals surface area contributed by atoms with E-state index in [1.807, 2.05) is 0 Å². The van der Waals surface area contributed by atoms with Crippen LogP contribution in [0.1, 0.15) is 68.1 Å². The Kier molecular flexibility index (Phi) is 15.1. The maximum absolute atomic E-state index is 11.9. The number of halogens is 1. The van der Waals surface area contributed by atoms with Crippen molar-refractivity contribution in [2.45, 2.75) is 57.8 Å². The molecule has 0 amide bonds. The third-order valence-corrected chi connectivity index (χ3v) is 6.02. The van der Waals surface area contributed by atoms with Gasteiger partial charge in [-0.15, -0.1) is 0 Å². The molecule has 0 spiro atoms. The number of ether oxygens (including phenoxy) is 3. The zero-order chi connectivity index (χ0) is 28.3. The molecule has 1 aliphatic rings. The number of hydrogen-bond donors (Lipinski definition) is 1. The van der Waals surface area contributed by atoms with Gasteiger partial charge in [0.15, 0.2) is 12.0 Å². The minimum atomic E-state index is -0.370. The second-order valence-electron chi connectivity index (χ2n) is 8.85. The van der Waals surface area contributed by atoms with Gasteiger partial charge in [-0.05, 0) is 81.0 Å². The Bertz CT molecular complexity index is 1030. The number of esters is 2. The van der Waals surface area contributed by atoms with Gasteiger partial charge < -0.3 is 24.2 Å². The lowest BCUT2D eigenvalue weighted by molar-refractivity contribution is -0.140. The summed E-state index contributed by atoms with van der Waals surface area (Å²) in [4.78, 5) is 38.0. The smallest absolute Gasteiger partial charge is 0.330 e. The van der Waals surface area contributed by atoms with Crippen LogP contribution in [-0.2, 0) is 18.8 Å². The van der Waals surface area contributed by atoms with Gasteiger partial charge in [0.2, 0.25) is 0 Å². The minimum Gasteiger partial charge on any atom is -0.507 e. The number of carbonyl (C=O) groups excluding carboxylic acids is 3. The Labute approximate surface area is 233 Å². The molecular formula is C29H35ClO9. The zero-order valence-electron chi connectivity index (χ0n) is 21.8. The lowest BCUT2D eigenvalue weighted by Gasteiger charge is -2.19. The molecule has 0 aromatic heterocycles. The van der Waals surface area contributed by atoms with Gasteiger partial charge in [-0.1, -0.05) is 30.3 Å². The molecule has 0 atom stereocenters. The number of phenolic OH excluding ortho intramolecular Hbond substituents is 1. The second-order valence-corrected chi connectivity index (χ2v) is 8.97. The van der Waals surface area contributed by atoms with Crippen LogP contribution in [0.25, 0.3) is 0 Å². The summed E-state index contributed by atoms with van der Waals surface area (Å²) in [5.74, 6) is 0.825. The first-order valence-corrected chi connectivity index (χ1v) is 13.2. The van der Waals surface area contributed by atoms with Crippen molar-refractivity contribution in [3.63, 3.8) is 0 Å². The fourth-order valence-corrected chi connectivity index (χ4v) is 3.91. The largest absolute Gasteiger partial charge is 0.507 e. The van der Waals surface area contributed by atoms with E-state index >= 15 is 0 Å². The molecule has 0 radical (unpaired) electrons. The highest BCUT2D eigenvalue weighted by Gasteiger charge is 2.23. The number of carbonyl (C=O) groups is 3. The van der Waals surface area contributed by atoms with E-state index in [9.17, 15) is 19.5 Å². The van der Waals surface area contributed by atoms with Crippen LogP contribution >= 0.6 is 11.9 Å². The fraction of sp³-hybridized carbons (Fsp3) is 0.414. The average Bonchev–Trinajstić information content (AvgIpc) is 2.97. The third-order valence-electron chi connectivity index (χ3n) is 5.95. The number of hydrogen-bond acceptors (Lipinski definition) is 9. The number of unbranched alkanes of at least 4 members (excludes halogenated alkanes) is 3. The second kappa shape index (κ2) is 18.7. The van der Waals surface area contributed by atoms with Gasteiger partial charge in [-0.25, -0.2) is 4.79 Å². The van der Waals surface area contributed by atoms with Crippen molar-refractivity contribution < 1.29 is 43.0 Å². The number of benzene rings is 2. The Morgan fingerprint density at radius 2 is 1.56 bits per heavy atom. The highest BCUT2D eigenvalue weighted by molar-refractivity contribution is 6.06. The molecule has 3 rings (SSSR count). The van der Waals surface area contributed by atoms with E-state index in [1.165, 1.54) is 30.7 Å². The summed E-state index contributed by atoms with van der Waals surface area (Å²) in [5.41, 5.74) is 0.129. The Morgan fingerprint density at radius 3 is 2.21 bits per heavy atom. The SMILES string of the molecule is C=CC(=O)OCCCCCCOc1ccc(OOCl)cc1.O=Cc1cc(OC(=O)C2CCCCC2)ccc1O. The van der Waals surface area contributed by atoms with Gasteiger partial charge in [-0.2, -0.15) is 0 Å². The fourth-order valence-electron chi connectivity index (χ4n) is 3.84. The lowest BCUT2D eigenvalue weighted by atomic mass is 9.89. The molecule has 0 bridgehead atoms. The molecule has 10 heteroatoms. The molecule has 0 aliphatic heterocycles. The van der Waals surface area contributed by atoms with E-state index in [4.69, 9.17) is 26.1 Å². The van der Waals surface area contributed by atoms with Crippen LogP contribution in [0.15, 0.2) is 55.1 Å². The molecule has 1 saturated carbocycles. The van der Waals surface area contributed by atoms with Gasteiger partial charge in [0.25, 0.3) is 0 Å². The molecule has 1 aliphatic carbocycles. The summed E-state index contributed by atoms with van der Waals surface area (Å²) in [6, 6.07) is 11.2. The normalized spacial score (nSPS) is 12.8. The van der Waals surface area contributed by atoms with Gasteiger partial charge in [-0.3, -0.25) is 9.59 Å². The quantitative estimate of drug-likeness (QED) is 0.0522. The van der Waals surface area contributed by atoms with Crippen LogP contribution in [0, 0.1) is 5.92 Å². The minimum absolute atomic E-state index is 0.0350. The summed E-state index contributed by atoms with van der Waals surface area (Å²) in [7, 11) is 0. The molecule has 39 heavy (non-hydrogen) atoms. The maximum Gasteiger partial charge on any atom is 0.330 e. The molecule has 9 nitrogen and oxygen atoms in total. The predicted octanol–water partition coefficient (Wildman–Crippen LogP) is 6.51. The van der Waals surface area contributed by atoms with Crippen LogP contribution in [-0.4, -0.2) is 36.5 Å². The van der Waals surface area contributed by atoms with Crippen LogP contribution in [0.3, 0.4) is 0 Å².